The Hall–Kier alpha value is -3.73. The lowest BCUT2D eigenvalue weighted by molar-refractivity contribution is -0.139. The molecule has 0 unspecified atom stereocenters. The molecule has 0 aliphatic heterocycles. The van der Waals surface area contributed by atoms with Crippen molar-refractivity contribution < 1.29 is 19.4 Å². The lowest BCUT2D eigenvalue weighted by atomic mass is 10.0. The molecule has 0 radical (unpaired) electrons. The van der Waals surface area contributed by atoms with E-state index in [2.05, 4.69) is 4.57 Å². The second kappa shape index (κ2) is 7.72. The summed E-state index contributed by atoms with van der Waals surface area (Å²) in [6.45, 7) is 0. The van der Waals surface area contributed by atoms with E-state index in [-0.39, 0.29) is 18.1 Å². The van der Waals surface area contributed by atoms with Crippen molar-refractivity contribution in [3.63, 3.8) is 0 Å². The van der Waals surface area contributed by atoms with Crippen LogP contribution in [-0.2, 0) is 16.0 Å². The van der Waals surface area contributed by atoms with Crippen LogP contribution in [0, 0.1) is 0 Å². The molecule has 0 bridgehead atoms. The molecule has 0 spiro atoms. The van der Waals surface area contributed by atoms with Gasteiger partial charge >= 0.3 is 5.97 Å². The number of rotatable bonds is 5. The normalized spacial score (nSPS) is 10.8. The van der Waals surface area contributed by atoms with Crippen molar-refractivity contribution in [3.05, 3.63) is 78.4 Å². The van der Waals surface area contributed by atoms with Crippen LogP contribution in [0.5, 0.6) is 11.5 Å². The van der Waals surface area contributed by atoms with Gasteiger partial charge in [0, 0.05) is 16.6 Å². The first kappa shape index (κ1) is 18.6. The molecule has 146 valence electrons. The number of phenolic OH excluding ortho intramolecular Hbond substituents is 1. The average Bonchev–Trinajstić information content (AvgIpc) is 3.09. The number of aromatic nitrogens is 1. The highest BCUT2D eigenvalue weighted by Gasteiger charge is 2.24. The van der Waals surface area contributed by atoms with Crippen LogP contribution in [-0.4, -0.2) is 29.9 Å². The number of hydrogen-bond acceptors (Lipinski definition) is 4. The van der Waals surface area contributed by atoms with Gasteiger partial charge in [0.05, 0.1) is 31.9 Å². The molecule has 0 aliphatic rings. The van der Waals surface area contributed by atoms with Crippen LogP contribution in [0.1, 0.15) is 5.56 Å². The van der Waals surface area contributed by atoms with Crippen molar-refractivity contribution in [2.24, 2.45) is 0 Å². The molecule has 0 aliphatic carbocycles. The first-order chi connectivity index (χ1) is 14.1. The van der Waals surface area contributed by atoms with Crippen LogP contribution in [0.15, 0.2) is 72.8 Å². The molecule has 0 atom stereocenters. The Kier molecular flexibility index (Phi) is 4.96. The zero-order chi connectivity index (χ0) is 20.4. The van der Waals surface area contributed by atoms with E-state index in [1.54, 1.807) is 19.2 Å². The lowest BCUT2D eigenvalue weighted by Crippen LogP contribution is -2.06. The molecule has 29 heavy (non-hydrogen) atoms. The molecule has 4 aromatic rings. The minimum absolute atomic E-state index is 0.0474. The first-order valence-corrected chi connectivity index (χ1v) is 9.26. The van der Waals surface area contributed by atoms with E-state index >= 15 is 0 Å². The summed E-state index contributed by atoms with van der Waals surface area (Å²) in [7, 11) is 2.99. The van der Waals surface area contributed by atoms with Crippen molar-refractivity contribution in [3.8, 4) is 28.4 Å². The van der Waals surface area contributed by atoms with E-state index in [1.807, 2.05) is 60.7 Å². The number of esters is 1. The number of benzene rings is 3. The summed E-state index contributed by atoms with van der Waals surface area (Å²) < 4.78 is 12.3. The van der Waals surface area contributed by atoms with Gasteiger partial charge < -0.3 is 19.1 Å². The number of nitrogens with zero attached hydrogens (tertiary/aromatic N) is 1. The van der Waals surface area contributed by atoms with E-state index in [1.165, 1.54) is 7.11 Å². The van der Waals surface area contributed by atoms with Gasteiger partial charge in [0.2, 0.25) is 0 Å². The Labute approximate surface area is 168 Å². The third-order valence-electron chi connectivity index (χ3n) is 5.00. The Morgan fingerprint density at radius 2 is 1.66 bits per heavy atom. The molecule has 4 rings (SSSR count). The lowest BCUT2D eigenvalue weighted by Gasteiger charge is -2.13. The van der Waals surface area contributed by atoms with Gasteiger partial charge in [0.25, 0.3) is 0 Å². The predicted octanol–water partition coefficient (Wildman–Crippen LogP) is 4.73. The molecule has 3 aromatic carbocycles. The van der Waals surface area contributed by atoms with Crippen molar-refractivity contribution >= 4 is 16.9 Å². The second-order valence-corrected chi connectivity index (χ2v) is 6.65. The summed E-state index contributed by atoms with van der Waals surface area (Å²) in [4.78, 5) is 12.2. The summed E-state index contributed by atoms with van der Waals surface area (Å²) in [6.07, 6.45) is 0.0474. The molecule has 5 nitrogen and oxygen atoms in total. The van der Waals surface area contributed by atoms with Crippen LogP contribution in [0.3, 0.4) is 0 Å². The Balaban J connectivity index is 2.10. The number of hydrogen-bond donors (Lipinski definition) is 1. The van der Waals surface area contributed by atoms with Gasteiger partial charge in [0.1, 0.15) is 11.5 Å². The molecule has 1 N–H and O–H groups in total. The second-order valence-electron chi connectivity index (χ2n) is 6.65. The maximum Gasteiger partial charge on any atom is 0.310 e. The molecule has 1 heterocycles. The maximum atomic E-state index is 12.2. The zero-order valence-corrected chi connectivity index (χ0v) is 16.3. The smallest absolute Gasteiger partial charge is 0.310 e. The maximum absolute atomic E-state index is 12.2. The van der Waals surface area contributed by atoms with Gasteiger partial charge in [-0.15, -0.1) is 0 Å². The fourth-order valence-corrected chi connectivity index (χ4v) is 3.68. The van der Waals surface area contributed by atoms with Crippen LogP contribution >= 0.6 is 0 Å². The van der Waals surface area contributed by atoms with E-state index in [9.17, 15) is 9.90 Å². The number of ether oxygens (including phenoxy) is 2. The fraction of sp³-hybridized carbons (Fsp3) is 0.125. The summed E-state index contributed by atoms with van der Waals surface area (Å²) >= 11 is 0. The van der Waals surface area contributed by atoms with Gasteiger partial charge in [-0.25, -0.2) is 0 Å². The van der Waals surface area contributed by atoms with Gasteiger partial charge in [-0.3, -0.25) is 4.79 Å². The number of carbonyl (C=O) groups is 1. The predicted molar refractivity (Wildman–Crippen MR) is 113 cm³/mol. The zero-order valence-electron chi connectivity index (χ0n) is 16.3. The van der Waals surface area contributed by atoms with Crippen molar-refractivity contribution in [1.82, 2.24) is 4.57 Å². The highest BCUT2D eigenvalue weighted by atomic mass is 16.5. The summed E-state index contributed by atoms with van der Waals surface area (Å²) in [6, 6.07) is 22.9. The van der Waals surface area contributed by atoms with Crippen LogP contribution < -0.4 is 4.74 Å². The van der Waals surface area contributed by atoms with E-state index in [0.29, 0.717) is 5.39 Å². The third-order valence-corrected chi connectivity index (χ3v) is 5.00. The summed E-state index contributed by atoms with van der Waals surface area (Å²) in [5.41, 5.74) is 4.22. The quantitative estimate of drug-likeness (QED) is 0.503. The number of aromatic hydroxyl groups is 1. The standard InChI is InChI=1S/C24H21NO4/c1-28-18-13-11-16(12-14-18)24-19(15-22(27)29-2)23-20(9-6-10-21(23)26)25(24)17-7-4-3-5-8-17/h3-14,26H,15H2,1-2H3. The monoisotopic (exact) mass is 387 g/mol. The van der Waals surface area contributed by atoms with Crippen LogP contribution in [0.4, 0.5) is 0 Å². The number of carbonyl (C=O) groups excluding carboxylic acids is 1. The summed E-state index contributed by atoms with van der Waals surface area (Å²) in [5.74, 6) is 0.509. The Bertz CT molecular complexity index is 1160. The average molecular weight is 387 g/mol. The minimum atomic E-state index is -0.366. The van der Waals surface area contributed by atoms with Gasteiger partial charge in [-0.1, -0.05) is 24.3 Å². The van der Waals surface area contributed by atoms with Crippen molar-refractivity contribution in [2.45, 2.75) is 6.42 Å². The number of methoxy groups -OCH3 is 2. The molecule has 5 heteroatoms. The number of phenols is 1. The molecule has 0 fully saturated rings. The molecule has 1 aromatic heterocycles. The minimum Gasteiger partial charge on any atom is -0.507 e. The first-order valence-electron chi connectivity index (χ1n) is 9.26. The van der Waals surface area contributed by atoms with Gasteiger partial charge in [-0.2, -0.15) is 0 Å². The molecule has 0 saturated carbocycles. The van der Waals surface area contributed by atoms with Gasteiger partial charge in [-0.05, 0) is 54.1 Å². The third kappa shape index (κ3) is 3.31. The topological polar surface area (TPSA) is 60.7 Å². The van der Waals surface area contributed by atoms with Crippen molar-refractivity contribution in [2.75, 3.05) is 14.2 Å². The SMILES string of the molecule is COC(=O)Cc1c(-c2ccc(OC)cc2)n(-c2ccccc2)c2cccc(O)c12. The highest BCUT2D eigenvalue weighted by Crippen LogP contribution is 2.41. The molecule has 0 saturated heterocycles. The summed E-state index contributed by atoms with van der Waals surface area (Å²) in [5, 5.41) is 11.3. The highest BCUT2D eigenvalue weighted by molar-refractivity contribution is 6.00. The van der Waals surface area contributed by atoms with Crippen molar-refractivity contribution in [1.29, 1.82) is 0 Å². The van der Waals surface area contributed by atoms with E-state index in [4.69, 9.17) is 9.47 Å². The van der Waals surface area contributed by atoms with Crippen LogP contribution in [0.25, 0.3) is 27.8 Å². The van der Waals surface area contributed by atoms with Crippen LogP contribution in [0.2, 0.25) is 0 Å². The fourth-order valence-electron chi connectivity index (χ4n) is 3.68. The molecule has 0 amide bonds. The Morgan fingerprint density at radius 1 is 0.931 bits per heavy atom. The van der Waals surface area contributed by atoms with Gasteiger partial charge in [0.15, 0.2) is 0 Å². The molecular formula is C24H21NO4. The largest absolute Gasteiger partial charge is 0.507 e. The Morgan fingerprint density at radius 3 is 2.31 bits per heavy atom. The molecular weight excluding hydrogens is 366 g/mol. The van der Waals surface area contributed by atoms with E-state index in [0.717, 1.165) is 33.8 Å². The number of fused-ring (bicyclic) bond motifs is 1. The van der Waals surface area contributed by atoms with E-state index < -0.39 is 0 Å². The number of para-hydroxylation sites is 1.